The van der Waals surface area contributed by atoms with Crippen LogP contribution in [0.4, 0.5) is 0 Å². The summed E-state index contributed by atoms with van der Waals surface area (Å²) < 4.78 is 10.5. The maximum absolute atomic E-state index is 8.57. The number of hydrogen-bond donors (Lipinski definition) is 0. The van der Waals surface area contributed by atoms with Gasteiger partial charge in [0, 0.05) is 6.08 Å². The SMILES string of the molecule is COc1ccc(-c2cccc(C=CC#N)c2)cc1OC. The second-order valence-electron chi connectivity index (χ2n) is 4.16. The molecule has 0 unspecified atom stereocenters. The Labute approximate surface area is 118 Å². The van der Waals surface area contributed by atoms with E-state index in [0.29, 0.717) is 11.5 Å². The van der Waals surface area contributed by atoms with E-state index < -0.39 is 0 Å². The lowest BCUT2D eigenvalue weighted by atomic mass is 10.0. The lowest BCUT2D eigenvalue weighted by Gasteiger charge is -2.10. The molecule has 0 radical (unpaired) electrons. The zero-order valence-corrected chi connectivity index (χ0v) is 11.5. The van der Waals surface area contributed by atoms with Crippen LogP contribution in [0, 0.1) is 11.3 Å². The van der Waals surface area contributed by atoms with Gasteiger partial charge in [-0.2, -0.15) is 5.26 Å². The van der Waals surface area contributed by atoms with E-state index in [0.717, 1.165) is 16.7 Å². The second kappa shape index (κ2) is 6.44. The molecule has 0 aliphatic rings. The first kappa shape index (κ1) is 13.7. The van der Waals surface area contributed by atoms with Gasteiger partial charge in [0.1, 0.15) is 0 Å². The summed E-state index contributed by atoms with van der Waals surface area (Å²) in [6.45, 7) is 0. The molecule has 2 aromatic carbocycles. The minimum atomic E-state index is 0.697. The Kier molecular flexibility index (Phi) is 4.41. The molecular weight excluding hydrogens is 250 g/mol. The third kappa shape index (κ3) is 2.99. The van der Waals surface area contributed by atoms with Crippen molar-refractivity contribution in [1.82, 2.24) is 0 Å². The van der Waals surface area contributed by atoms with Crippen molar-refractivity contribution in [2.75, 3.05) is 14.2 Å². The standard InChI is InChI=1S/C17H15NO2/c1-19-16-9-8-15(12-17(16)20-2)14-7-3-5-13(11-14)6-4-10-18/h3-9,11-12H,1-2H3. The van der Waals surface area contributed by atoms with Gasteiger partial charge in [-0.15, -0.1) is 0 Å². The van der Waals surface area contributed by atoms with Crippen LogP contribution in [0.2, 0.25) is 0 Å². The van der Waals surface area contributed by atoms with E-state index in [1.54, 1.807) is 20.3 Å². The Morgan fingerprint density at radius 1 is 0.950 bits per heavy atom. The molecule has 0 bridgehead atoms. The third-order valence-corrected chi connectivity index (χ3v) is 2.95. The molecule has 0 saturated carbocycles. The first-order valence-corrected chi connectivity index (χ1v) is 6.17. The topological polar surface area (TPSA) is 42.2 Å². The van der Waals surface area contributed by atoms with E-state index in [4.69, 9.17) is 14.7 Å². The number of benzene rings is 2. The third-order valence-electron chi connectivity index (χ3n) is 2.95. The van der Waals surface area contributed by atoms with Gasteiger partial charge in [0.2, 0.25) is 0 Å². The van der Waals surface area contributed by atoms with Gasteiger partial charge >= 0.3 is 0 Å². The number of allylic oxidation sites excluding steroid dienone is 1. The Hall–Kier alpha value is -2.73. The molecule has 0 aliphatic heterocycles. The average Bonchev–Trinajstić information content (AvgIpc) is 2.52. The maximum Gasteiger partial charge on any atom is 0.161 e. The van der Waals surface area contributed by atoms with Crippen molar-refractivity contribution in [3.63, 3.8) is 0 Å². The summed E-state index contributed by atoms with van der Waals surface area (Å²) >= 11 is 0. The van der Waals surface area contributed by atoms with Gasteiger partial charge < -0.3 is 9.47 Å². The highest BCUT2D eigenvalue weighted by molar-refractivity contribution is 5.70. The molecule has 2 aromatic rings. The van der Waals surface area contributed by atoms with Crippen LogP contribution in [0.1, 0.15) is 5.56 Å². The van der Waals surface area contributed by atoms with Crippen LogP contribution in [0.25, 0.3) is 17.2 Å². The van der Waals surface area contributed by atoms with E-state index in [9.17, 15) is 0 Å². The van der Waals surface area contributed by atoms with Crippen molar-refractivity contribution in [1.29, 1.82) is 5.26 Å². The second-order valence-corrected chi connectivity index (χ2v) is 4.16. The first-order valence-electron chi connectivity index (χ1n) is 6.17. The maximum atomic E-state index is 8.57. The normalized spacial score (nSPS) is 10.2. The number of rotatable bonds is 4. The van der Waals surface area contributed by atoms with Crippen molar-refractivity contribution in [2.24, 2.45) is 0 Å². The Balaban J connectivity index is 2.41. The van der Waals surface area contributed by atoms with Gasteiger partial charge in [-0.1, -0.05) is 24.3 Å². The lowest BCUT2D eigenvalue weighted by molar-refractivity contribution is 0.355. The number of ether oxygens (including phenoxy) is 2. The first-order chi connectivity index (χ1) is 9.78. The van der Waals surface area contributed by atoms with Crippen LogP contribution in [0.15, 0.2) is 48.5 Å². The molecule has 0 N–H and O–H groups in total. The zero-order chi connectivity index (χ0) is 14.4. The summed E-state index contributed by atoms with van der Waals surface area (Å²) in [5, 5.41) is 8.57. The number of nitriles is 1. The summed E-state index contributed by atoms with van der Waals surface area (Å²) in [5.41, 5.74) is 3.08. The van der Waals surface area contributed by atoms with E-state index in [1.165, 1.54) is 6.08 Å². The summed E-state index contributed by atoms with van der Waals surface area (Å²) in [6, 6.07) is 15.7. The van der Waals surface area contributed by atoms with E-state index in [1.807, 2.05) is 48.5 Å². The van der Waals surface area contributed by atoms with Crippen molar-refractivity contribution < 1.29 is 9.47 Å². The van der Waals surface area contributed by atoms with E-state index in [-0.39, 0.29) is 0 Å². The molecule has 100 valence electrons. The highest BCUT2D eigenvalue weighted by Gasteiger charge is 2.06. The molecule has 0 saturated heterocycles. The molecule has 2 rings (SSSR count). The molecule has 20 heavy (non-hydrogen) atoms. The van der Waals surface area contributed by atoms with Crippen LogP contribution in [-0.4, -0.2) is 14.2 Å². The van der Waals surface area contributed by atoms with Gasteiger partial charge in [-0.25, -0.2) is 0 Å². The van der Waals surface area contributed by atoms with Crippen LogP contribution < -0.4 is 9.47 Å². The quantitative estimate of drug-likeness (QED) is 0.787. The molecule has 3 nitrogen and oxygen atoms in total. The van der Waals surface area contributed by atoms with E-state index in [2.05, 4.69) is 0 Å². The number of methoxy groups -OCH3 is 2. The van der Waals surface area contributed by atoms with Gasteiger partial charge in [0.25, 0.3) is 0 Å². The molecule has 0 heterocycles. The average molecular weight is 265 g/mol. The molecule has 0 amide bonds. The van der Waals surface area contributed by atoms with Crippen molar-refractivity contribution in [3.05, 3.63) is 54.1 Å². The molecule has 0 fully saturated rings. The minimum Gasteiger partial charge on any atom is -0.493 e. The fraction of sp³-hybridized carbons (Fsp3) is 0.118. The largest absolute Gasteiger partial charge is 0.493 e. The van der Waals surface area contributed by atoms with Crippen LogP contribution in [0.3, 0.4) is 0 Å². The van der Waals surface area contributed by atoms with E-state index >= 15 is 0 Å². The summed E-state index contributed by atoms with van der Waals surface area (Å²) in [5.74, 6) is 1.40. The van der Waals surface area contributed by atoms with Crippen LogP contribution in [-0.2, 0) is 0 Å². The predicted molar refractivity (Wildman–Crippen MR) is 79.6 cm³/mol. The van der Waals surface area contributed by atoms with Crippen LogP contribution >= 0.6 is 0 Å². The smallest absolute Gasteiger partial charge is 0.161 e. The Bertz CT molecular complexity index is 669. The Morgan fingerprint density at radius 2 is 1.70 bits per heavy atom. The fourth-order valence-corrected chi connectivity index (χ4v) is 1.97. The Morgan fingerprint density at radius 3 is 2.40 bits per heavy atom. The molecule has 3 heteroatoms. The van der Waals surface area contributed by atoms with Crippen LogP contribution in [0.5, 0.6) is 11.5 Å². The number of hydrogen-bond acceptors (Lipinski definition) is 3. The van der Waals surface area contributed by atoms with Crippen molar-refractivity contribution in [2.45, 2.75) is 0 Å². The van der Waals surface area contributed by atoms with Crippen molar-refractivity contribution >= 4 is 6.08 Å². The zero-order valence-electron chi connectivity index (χ0n) is 11.5. The minimum absolute atomic E-state index is 0.697. The highest BCUT2D eigenvalue weighted by atomic mass is 16.5. The van der Waals surface area contributed by atoms with Crippen molar-refractivity contribution in [3.8, 4) is 28.7 Å². The van der Waals surface area contributed by atoms with Gasteiger partial charge in [0.15, 0.2) is 11.5 Å². The number of nitrogens with zero attached hydrogens (tertiary/aromatic N) is 1. The predicted octanol–water partition coefficient (Wildman–Crippen LogP) is 3.91. The molecule has 0 atom stereocenters. The summed E-state index contributed by atoms with van der Waals surface area (Å²) in [7, 11) is 3.23. The molecule has 0 aromatic heterocycles. The molecule has 0 spiro atoms. The summed E-state index contributed by atoms with van der Waals surface area (Å²) in [6.07, 6.45) is 3.25. The lowest BCUT2D eigenvalue weighted by Crippen LogP contribution is -1.90. The highest BCUT2D eigenvalue weighted by Crippen LogP contribution is 2.32. The molecule has 0 aliphatic carbocycles. The van der Waals surface area contributed by atoms with Gasteiger partial charge in [-0.05, 0) is 41.0 Å². The summed E-state index contributed by atoms with van der Waals surface area (Å²) in [4.78, 5) is 0. The fourth-order valence-electron chi connectivity index (χ4n) is 1.97. The van der Waals surface area contributed by atoms with Gasteiger partial charge in [-0.3, -0.25) is 0 Å². The monoisotopic (exact) mass is 265 g/mol. The van der Waals surface area contributed by atoms with Gasteiger partial charge in [0.05, 0.1) is 20.3 Å². The molecular formula is C17H15NO2.